The Morgan fingerprint density at radius 1 is 1.17 bits per heavy atom. The molecule has 3 aromatic rings. The van der Waals surface area contributed by atoms with E-state index in [1.807, 2.05) is 30.3 Å². The number of thiophene rings is 1. The van der Waals surface area contributed by atoms with E-state index in [1.165, 1.54) is 5.56 Å². The van der Waals surface area contributed by atoms with Gasteiger partial charge in [0.1, 0.15) is 0 Å². The lowest BCUT2D eigenvalue weighted by Gasteiger charge is -2.05. The predicted molar refractivity (Wildman–Crippen MR) is 70.8 cm³/mol. The molecule has 0 bridgehead atoms. The molecule has 0 fully saturated rings. The number of nitrogens with zero attached hydrogens (tertiary/aromatic N) is 4. The predicted octanol–water partition coefficient (Wildman–Crippen LogP) is 2.34. The van der Waals surface area contributed by atoms with Crippen molar-refractivity contribution in [3.63, 3.8) is 0 Å². The van der Waals surface area contributed by atoms with Gasteiger partial charge in [0.2, 0.25) is 5.95 Å². The number of para-hydroxylation sites is 1. The van der Waals surface area contributed by atoms with Crippen molar-refractivity contribution < 1.29 is 0 Å². The van der Waals surface area contributed by atoms with Crippen LogP contribution in [0.3, 0.4) is 0 Å². The van der Waals surface area contributed by atoms with Gasteiger partial charge < -0.3 is 5.32 Å². The Balaban J connectivity index is 1.80. The van der Waals surface area contributed by atoms with Crippen LogP contribution in [0.4, 0.5) is 5.95 Å². The van der Waals surface area contributed by atoms with E-state index >= 15 is 0 Å². The molecule has 0 aliphatic rings. The molecule has 0 unspecified atom stereocenters. The van der Waals surface area contributed by atoms with E-state index in [9.17, 15) is 0 Å². The third-order valence-electron chi connectivity index (χ3n) is 2.50. The Morgan fingerprint density at radius 3 is 2.83 bits per heavy atom. The number of hydrogen-bond acceptors (Lipinski definition) is 5. The van der Waals surface area contributed by atoms with Gasteiger partial charge in [-0.1, -0.05) is 23.3 Å². The largest absolute Gasteiger partial charge is 0.349 e. The topological polar surface area (TPSA) is 55.6 Å². The minimum Gasteiger partial charge on any atom is -0.349 e. The van der Waals surface area contributed by atoms with Crippen molar-refractivity contribution in [3.8, 4) is 5.69 Å². The summed E-state index contributed by atoms with van der Waals surface area (Å²) < 4.78 is 1.69. The SMILES string of the molecule is c1ccc(-n2nnnc2NCc2ccsc2)cc1. The normalized spacial score (nSPS) is 10.4. The second-order valence-corrected chi connectivity index (χ2v) is 4.52. The summed E-state index contributed by atoms with van der Waals surface area (Å²) in [6.07, 6.45) is 0. The van der Waals surface area contributed by atoms with Crippen molar-refractivity contribution in [1.29, 1.82) is 0 Å². The van der Waals surface area contributed by atoms with Gasteiger partial charge in [-0.2, -0.15) is 16.0 Å². The molecular weight excluding hydrogens is 246 g/mol. The molecule has 3 rings (SSSR count). The number of anilines is 1. The minimum atomic E-state index is 0.646. The number of benzene rings is 1. The van der Waals surface area contributed by atoms with Crippen LogP contribution in [-0.4, -0.2) is 20.2 Å². The monoisotopic (exact) mass is 257 g/mol. The van der Waals surface area contributed by atoms with Crippen molar-refractivity contribution in [2.24, 2.45) is 0 Å². The van der Waals surface area contributed by atoms with Gasteiger partial charge in [0, 0.05) is 6.54 Å². The fraction of sp³-hybridized carbons (Fsp3) is 0.0833. The van der Waals surface area contributed by atoms with E-state index in [0.717, 1.165) is 12.2 Å². The molecule has 0 aliphatic heterocycles. The second kappa shape index (κ2) is 4.97. The summed E-state index contributed by atoms with van der Waals surface area (Å²) >= 11 is 1.68. The van der Waals surface area contributed by atoms with Gasteiger partial charge in [-0.05, 0) is 44.9 Å². The molecule has 5 nitrogen and oxygen atoms in total. The Morgan fingerprint density at radius 2 is 2.06 bits per heavy atom. The van der Waals surface area contributed by atoms with Crippen LogP contribution < -0.4 is 5.32 Å². The molecule has 2 heterocycles. The molecule has 1 aromatic carbocycles. The maximum absolute atomic E-state index is 3.99. The molecule has 18 heavy (non-hydrogen) atoms. The van der Waals surface area contributed by atoms with Gasteiger partial charge in [-0.3, -0.25) is 0 Å². The number of hydrogen-bond donors (Lipinski definition) is 1. The summed E-state index contributed by atoms with van der Waals surface area (Å²) in [4.78, 5) is 0. The van der Waals surface area contributed by atoms with Gasteiger partial charge in [-0.25, -0.2) is 0 Å². The summed E-state index contributed by atoms with van der Waals surface area (Å²) in [5.41, 5.74) is 2.16. The van der Waals surface area contributed by atoms with Gasteiger partial charge in [-0.15, -0.1) is 0 Å². The molecule has 0 aliphatic carbocycles. The Bertz CT molecular complexity index is 602. The maximum atomic E-state index is 3.99. The number of rotatable bonds is 4. The first-order valence-corrected chi connectivity index (χ1v) is 6.46. The van der Waals surface area contributed by atoms with Crippen molar-refractivity contribution in [2.75, 3.05) is 5.32 Å². The van der Waals surface area contributed by atoms with Crippen LogP contribution in [0.15, 0.2) is 47.2 Å². The summed E-state index contributed by atoms with van der Waals surface area (Å²) in [7, 11) is 0. The fourth-order valence-electron chi connectivity index (χ4n) is 1.61. The van der Waals surface area contributed by atoms with Crippen molar-refractivity contribution in [3.05, 3.63) is 52.7 Å². The van der Waals surface area contributed by atoms with Gasteiger partial charge in [0.15, 0.2) is 0 Å². The Labute approximate surface area is 108 Å². The van der Waals surface area contributed by atoms with E-state index in [2.05, 4.69) is 37.7 Å². The molecule has 6 heteroatoms. The molecule has 90 valence electrons. The van der Waals surface area contributed by atoms with Crippen molar-refractivity contribution in [1.82, 2.24) is 20.2 Å². The lowest BCUT2D eigenvalue weighted by molar-refractivity contribution is 0.789. The van der Waals surface area contributed by atoms with E-state index in [4.69, 9.17) is 0 Å². The highest BCUT2D eigenvalue weighted by Gasteiger charge is 2.06. The molecule has 0 saturated carbocycles. The molecule has 0 radical (unpaired) electrons. The van der Waals surface area contributed by atoms with Crippen molar-refractivity contribution in [2.45, 2.75) is 6.54 Å². The molecule has 1 N–H and O–H groups in total. The van der Waals surface area contributed by atoms with Gasteiger partial charge in [0.25, 0.3) is 0 Å². The first kappa shape index (κ1) is 10.9. The van der Waals surface area contributed by atoms with Gasteiger partial charge >= 0.3 is 0 Å². The molecule has 2 aromatic heterocycles. The maximum Gasteiger partial charge on any atom is 0.248 e. The lowest BCUT2D eigenvalue weighted by atomic mass is 10.3. The van der Waals surface area contributed by atoms with Crippen LogP contribution >= 0.6 is 11.3 Å². The third-order valence-corrected chi connectivity index (χ3v) is 3.23. The first-order valence-electron chi connectivity index (χ1n) is 5.52. The van der Waals surface area contributed by atoms with Crippen LogP contribution in [0.5, 0.6) is 0 Å². The van der Waals surface area contributed by atoms with E-state index in [-0.39, 0.29) is 0 Å². The highest BCUT2D eigenvalue weighted by molar-refractivity contribution is 7.07. The number of aromatic nitrogens is 4. The fourth-order valence-corrected chi connectivity index (χ4v) is 2.28. The number of tetrazole rings is 1. The second-order valence-electron chi connectivity index (χ2n) is 3.73. The molecule has 0 spiro atoms. The zero-order valence-electron chi connectivity index (χ0n) is 9.52. The standard InChI is InChI=1S/C12H11N5S/c1-2-4-11(5-3-1)17-12(14-15-16-17)13-8-10-6-7-18-9-10/h1-7,9H,8H2,(H,13,14,16). The quantitative estimate of drug-likeness (QED) is 0.779. The van der Waals surface area contributed by atoms with E-state index in [0.29, 0.717) is 5.95 Å². The molecule has 0 atom stereocenters. The first-order chi connectivity index (χ1) is 8.93. The average molecular weight is 257 g/mol. The molecule has 0 saturated heterocycles. The summed E-state index contributed by atoms with van der Waals surface area (Å²) in [5, 5.41) is 19.1. The summed E-state index contributed by atoms with van der Waals surface area (Å²) in [6, 6.07) is 11.9. The highest BCUT2D eigenvalue weighted by atomic mass is 32.1. The van der Waals surface area contributed by atoms with E-state index in [1.54, 1.807) is 16.0 Å². The Kier molecular flexibility index (Phi) is 3.01. The molecular formula is C12H11N5S. The third kappa shape index (κ3) is 2.23. The highest BCUT2D eigenvalue weighted by Crippen LogP contribution is 2.12. The summed E-state index contributed by atoms with van der Waals surface area (Å²) in [6.45, 7) is 0.719. The number of nitrogens with one attached hydrogen (secondary N) is 1. The summed E-state index contributed by atoms with van der Waals surface area (Å²) in [5.74, 6) is 0.646. The zero-order valence-corrected chi connectivity index (χ0v) is 10.3. The zero-order chi connectivity index (χ0) is 12.2. The van der Waals surface area contributed by atoms with Crippen LogP contribution in [0.25, 0.3) is 5.69 Å². The Hall–Kier alpha value is -2.21. The minimum absolute atomic E-state index is 0.646. The van der Waals surface area contributed by atoms with Crippen LogP contribution in [0, 0.1) is 0 Å². The van der Waals surface area contributed by atoms with E-state index < -0.39 is 0 Å². The van der Waals surface area contributed by atoms with Gasteiger partial charge in [0.05, 0.1) is 5.69 Å². The average Bonchev–Trinajstić information content (AvgIpc) is 3.09. The van der Waals surface area contributed by atoms with Crippen molar-refractivity contribution >= 4 is 17.3 Å². The smallest absolute Gasteiger partial charge is 0.248 e. The van der Waals surface area contributed by atoms with Crippen LogP contribution in [-0.2, 0) is 6.54 Å². The lowest BCUT2D eigenvalue weighted by Crippen LogP contribution is -2.06. The van der Waals surface area contributed by atoms with Crippen LogP contribution in [0.1, 0.15) is 5.56 Å². The van der Waals surface area contributed by atoms with Crippen LogP contribution in [0.2, 0.25) is 0 Å². The molecule has 0 amide bonds.